The summed E-state index contributed by atoms with van der Waals surface area (Å²) in [6.07, 6.45) is 6.15. The molecule has 1 heterocycles. The molecule has 0 atom stereocenters. The molecule has 1 aliphatic rings. The average molecular weight is 330 g/mol. The number of hydrogen-bond donors (Lipinski definition) is 1. The molecule has 1 aromatic rings. The van der Waals surface area contributed by atoms with E-state index < -0.39 is 0 Å². The van der Waals surface area contributed by atoms with Gasteiger partial charge in [-0.05, 0) is 28.8 Å². The van der Waals surface area contributed by atoms with Crippen LogP contribution in [-0.2, 0) is 11.3 Å². The van der Waals surface area contributed by atoms with Gasteiger partial charge in [0.15, 0.2) is 5.78 Å². The topological polar surface area (TPSA) is 70.1 Å². The Morgan fingerprint density at radius 2 is 2.26 bits per heavy atom. The van der Waals surface area contributed by atoms with E-state index in [0.717, 1.165) is 30.2 Å². The summed E-state index contributed by atoms with van der Waals surface area (Å²) < 4.78 is 7.45. The van der Waals surface area contributed by atoms with Crippen molar-refractivity contribution in [1.82, 2.24) is 9.78 Å². The van der Waals surface area contributed by atoms with Crippen LogP contribution >= 0.6 is 15.9 Å². The lowest BCUT2D eigenvalue weighted by atomic mass is 9.91. The molecule has 5 nitrogen and oxygen atoms in total. The lowest BCUT2D eigenvalue weighted by molar-refractivity contribution is 0.0937. The first-order valence-electron chi connectivity index (χ1n) is 6.58. The fourth-order valence-corrected chi connectivity index (χ4v) is 3.16. The van der Waals surface area contributed by atoms with Gasteiger partial charge in [0.05, 0.1) is 23.8 Å². The number of aromatic nitrogens is 2. The van der Waals surface area contributed by atoms with Gasteiger partial charge in [0, 0.05) is 19.1 Å². The van der Waals surface area contributed by atoms with Crippen molar-refractivity contribution in [2.24, 2.45) is 5.73 Å². The Morgan fingerprint density at radius 3 is 2.89 bits per heavy atom. The number of carbonyl (C=O) groups excluding carboxylic acids is 1. The largest absolute Gasteiger partial charge is 0.383 e. The summed E-state index contributed by atoms with van der Waals surface area (Å²) in [5, 5.41) is 4.20. The number of methoxy groups -OCH3 is 1. The number of carbonyl (C=O) groups is 1. The van der Waals surface area contributed by atoms with Gasteiger partial charge in [-0.25, -0.2) is 0 Å². The second kappa shape index (κ2) is 6.15. The van der Waals surface area contributed by atoms with E-state index in [4.69, 9.17) is 10.5 Å². The van der Waals surface area contributed by atoms with Crippen molar-refractivity contribution in [2.75, 3.05) is 13.7 Å². The first-order valence-corrected chi connectivity index (χ1v) is 7.37. The molecule has 0 radical (unpaired) electrons. The Bertz CT molecular complexity index is 453. The lowest BCUT2D eigenvalue weighted by Gasteiger charge is -2.22. The molecule has 106 valence electrons. The SMILES string of the molecule is COCCn1ncc(Br)c1C(=O)CC1(N)CCCC1. The van der Waals surface area contributed by atoms with E-state index in [1.54, 1.807) is 18.0 Å². The van der Waals surface area contributed by atoms with E-state index in [9.17, 15) is 4.79 Å². The molecule has 0 amide bonds. The highest BCUT2D eigenvalue weighted by atomic mass is 79.9. The maximum Gasteiger partial charge on any atom is 0.183 e. The van der Waals surface area contributed by atoms with E-state index in [1.807, 2.05) is 0 Å². The van der Waals surface area contributed by atoms with Gasteiger partial charge in [0.25, 0.3) is 0 Å². The smallest absolute Gasteiger partial charge is 0.183 e. The molecular weight excluding hydrogens is 310 g/mol. The van der Waals surface area contributed by atoms with Gasteiger partial charge >= 0.3 is 0 Å². The standard InChI is InChI=1S/C13H20BrN3O2/c1-19-7-6-17-12(10(14)9-16-17)11(18)8-13(15)4-2-3-5-13/h9H,2-8,15H2,1H3. The Kier molecular flexibility index (Phi) is 4.76. The van der Waals surface area contributed by atoms with Crippen LogP contribution in [0, 0.1) is 0 Å². The van der Waals surface area contributed by atoms with Crippen molar-refractivity contribution in [3.63, 3.8) is 0 Å². The zero-order chi connectivity index (χ0) is 13.9. The second-order valence-corrected chi connectivity index (χ2v) is 6.08. The number of nitrogens with zero attached hydrogens (tertiary/aromatic N) is 2. The van der Waals surface area contributed by atoms with Crippen LogP contribution in [0.2, 0.25) is 0 Å². The normalized spacial score (nSPS) is 17.8. The number of Topliss-reactive ketones (excluding diaryl/α,β-unsaturated/α-hetero) is 1. The zero-order valence-corrected chi connectivity index (χ0v) is 12.8. The minimum atomic E-state index is -0.327. The predicted octanol–water partition coefficient (Wildman–Crippen LogP) is 2.14. The molecule has 19 heavy (non-hydrogen) atoms. The van der Waals surface area contributed by atoms with Crippen LogP contribution in [0.3, 0.4) is 0 Å². The molecule has 1 fully saturated rings. The molecule has 0 unspecified atom stereocenters. The van der Waals surface area contributed by atoms with Crippen molar-refractivity contribution >= 4 is 21.7 Å². The maximum atomic E-state index is 12.5. The molecule has 1 saturated carbocycles. The van der Waals surface area contributed by atoms with Crippen LogP contribution in [0.4, 0.5) is 0 Å². The number of ketones is 1. The number of rotatable bonds is 6. The summed E-state index contributed by atoms with van der Waals surface area (Å²) in [5.41, 5.74) is 6.55. The fraction of sp³-hybridized carbons (Fsp3) is 0.692. The molecule has 0 aliphatic heterocycles. The number of nitrogens with two attached hydrogens (primary N) is 1. The average Bonchev–Trinajstić information content (AvgIpc) is 2.93. The Morgan fingerprint density at radius 1 is 1.58 bits per heavy atom. The molecule has 0 saturated heterocycles. The molecule has 0 spiro atoms. The second-order valence-electron chi connectivity index (χ2n) is 5.23. The number of hydrogen-bond acceptors (Lipinski definition) is 4. The van der Waals surface area contributed by atoms with Crippen molar-refractivity contribution < 1.29 is 9.53 Å². The molecule has 1 aliphatic carbocycles. The van der Waals surface area contributed by atoms with Crippen molar-refractivity contribution in [3.8, 4) is 0 Å². The van der Waals surface area contributed by atoms with Crippen LogP contribution in [-0.4, -0.2) is 34.8 Å². The molecular formula is C13H20BrN3O2. The molecule has 2 N–H and O–H groups in total. The highest BCUT2D eigenvalue weighted by Crippen LogP contribution is 2.32. The predicted molar refractivity (Wildman–Crippen MR) is 76.1 cm³/mol. The summed E-state index contributed by atoms with van der Waals surface area (Å²) in [5.74, 6) is 0.0601. The van der Waals surface area contributed by atoms with Gasteiger partial charge in [0.2, 0.25) is 0 Å². The maximum absolute atomic E-state index is 12.5. The highest BCUT2D eigenvalue weighted by Gasteiger charge is 2.33. The van der Waals surface area contributed by atoms with E-state index in [2.05, 4.69) is 21.0 Å². The van der Waals surface area contributed by atoms with Crippen LogP contribution in [0.25, 0.3) is 0 Å². The summed E-state index contributed by atoms with van der Waals surface area (Å²) in [4.78, 5) is 12.5. The van der Waals surface area contributed by atoms with Gasteiger partial charge in [0.1, 0.15) is 5.69 Å². The third kappa shape index (κ3) is 3.43. The van der Waals surface area contributed by atoms with Gasteiger partial charge in [-0.3, -0.25) is 9.48 Å². The van der Waals surface area contributed by atoms with Crippen molar-refractivity contribution in [2.45, 2.75) is 44.2 Å². The van der Waals surface area contributed by atoms with Crippen LogP contribution in [0.1, 0.15) is 42.6 Å². The Balaban J connectivity index is 2.11. The van der Waals surface area contributed by atoms with Gasteiger partial charge in [-0.15, -0.1) is 0 Å². The third-order valence-electron chi connectivity index (χ3n) is 3.68. The summed E-state index contributed by atoms with van der Waals surface area (Å²) in [6, 6.07) is 0. The van der Waals surface area contributed by atoms with Crippen LogP contribution in [0.15, 0.2) is 10.7 Å². The lowest BCUT2D eigenvalue weighted by Crippen LogP contribution is -2.39. The minimum absolute atomic E-state index is 0.0601. The molecule has 0 bridgehead atoms. The van der Waals surface area contributed by atoms with E-state index in [-0.39, 0.29) is 11.3 Å². The molecule has 2 rings (SSSR count). The first kappa shape index (κ1) is 14.7. The Hall–Kier alpha value is -0.720. The summed E-state index contributed by atoms with van der Waals surface area (Å²) in [6.45, 7) is 1.10. The van der Waals surface area contributed by atoms with E-state index in [0.29, 0.717) is 25.3 Å². The monoisotopic (exact) mass is 329 g/mol. The number of ether oxygens (including phenoxy) is 1. The Labute approximate surface area is 121 Å². The third-order valence-corrected chi connectivity index (χ3v) is 4.26. The van der Waals surface area contributed by atoms with Crippen LogP contribution < -0.4 is 5.73 Å². The fourth-order valence-electron chi connectivity index (χ4n) is 2.65. The first-order chi connectivity index (χ1) is 9.06. The quantitative estimate of drug-likeness (QED) is 0.811. The molecule has 6 heteroatoms. The van der Waals surface area contributed by atoms with E-state index in [1.165, 1.54) is 0 Å². The minimum Gasteiger partial charge on any atom is -0.383 e. The highest BCUT2D eigenvalue weighted by molar-refractivity contribution is 9.10. The number of halogens is 1. The van der Waals surface area contributed by atoms with Crippen molar-refractivity contribution in [1.29, 1.82) is 0 Å². The van der Waals surface area contributed by atoms with Crippen molar-refractivity contribution in [3.05, 3.63) is 16.4 Å². The molecule has 1 aromatic heterocycles. The molecule has 0 aromatic carbocycles. The van der Waals surface area contributed by atoms with Gasteiger partial charge in [-0.2, -0.15) is 5.10 Å². The zero-order valence-electron chi connectivity index (χ0n) is 11.2. The summed E-state index contributed by atoms with van der Waals surface area (Å²) in [7, 11) is 1.63. The summed E-state index contributed by atoms with van der Waals surface area (Å²) >= 11 is 3.39. The van der Waals surface area contributed by atoms with Gasteiger partial charge in [-0.1, -0.05) is 12.8 Å². The van der Waals surface area contributed by atoms with Gasteiger partial charge < -0.3 is 10.5 Å². The van der Waals surface area contributed by atoms with Crippen LogP contribution in [0.5, 0.6) is 0 Å². The van der Waals surface area contributed by atoms with E-state index >= 15 is 0 Å².